The van der Waals surface area contributed by atoms with E-state index in [1.54, 1.807) is 24.4 Å². The molecule has 6 rings (SSSR count). The first-order chi connectivity index (χ1) is 18.7. The average Bonchev–Trinajstić information content (AvgIpc) is 3.58. The molecular formula is C29H34FN7O. The number of hydrogen-bond donors (Lipinski definition) is 2. The first-order valence-corrected chi connectivity index (χ1v) is 13.7. The predicted octanol–water partition coefficient (Wildman–Crippen LogP) is 6.43. The molecule has 0 atom stereocenters. The fraction of sp³-hybridized carbons (Fsp3) is 0.414. The van der Waals surface area contributed by atoms with Gasteiger partial charge in [0.1, 0.15) is 23.7 Å². The highest BCUT2D eigenvalue weighted by Gasteiger charge is 2.24. The Kier molecular flexibility index (Phi) is 7.35. The van der Waals surface area contributed by atoms with Crippen molar-refractivity contribution in [3.63, 3.8) is 0 Å². The molecule has 2 N–H and O–H groups in total. The normalized spacial score (nSPS) is 16.7. The summed E-state index contributed by atoms with van der Waals surface area (Å²) >= 11 is 0. The number of imidazole rings is 1. The van der Waals surface area contributed by atoms with Crippen LogP contribution in [0, 0.1) is 5.82 Å². The number of benzene rings is 2. The first kappa shape index (κ1) is 24.6. The van der Waals surface area contributed by atoms with E-state index < -0.39 is 0 Å². The van der Waals surface area contributed by atoms with E-state index >= 15 is 0 Å². The molecular weight excluding hydrogens is 481 g/mol. The number of nitrogens with zero attached hydrogens (tertiary/aromatic N) is 5. The Bertz CT molecular complexity index is 1380. The molecule has 38 heavy (non-hydrogen) atoms. The summed E-state index contributed by atoms with van der Waals surface area (Å²) in [5, 5.41) is 6.52. The van der Waals surface area contributed by atoms with Crippen LogP contribution in [0.15, 0.2) is 54.7 Å². The molecule has 0 radical (unpaired) electrons. The third kappa shape index (κ3) is 5.57. The maximum atomic E-state index is 14.4. The minimum Gasteiger partial charge on any atom is -0.492 e. The van der Waals surface area contributed by atoms with Crippen LogP contribution >= 0.6 is 0 Å². The zero-order valence-corrected chi connectivity index (χ0v) is 21.6. The van der Waals surface area contributed by atoms with Crippen LogP contribution < -0.4 is 15.4 Å². The van der Waals surface area contributed by atoms with Crippen molar-refractivity contribution in [2.75, 3.05) is 36.9 Å². The molecule has 0 spiro atoms. The molecule has 2 aromatic heterocycles. The van der Waals surface area contributed by atoms with Gasteiger partial charge < -0.3 is 15.4 Å². The highest BCUT2D eigenvalue weighted by molar-refractivity contribution is 5.77. The van der Waals surface area contributed by atoms with Gasteiger partial charge >= 0.3 is 0 Å². The third-order valence-electron chi connectivity index (χ3n) is 7.46. The van der Waals surface area contributed by atoms with Gasteiger partial charge in [-0.2, -0.15) is 4.98 Å². The van der Waals surface area contributed by atoms with E-state index in [4.69, 9.17) is 14.7 Å². The van der Waals surface area contributed by atoms with Gasteiger partial charge in [-0.25, -0.2) is 14.4 Å². The number of piperidine rings is 1. The maximum Gasteiger partial charge on any atom is 0.229 e. The lowest BCUT2D eigenvalue weighted by Gasteiger charge is -2.26. The summed E-state index contributed by atoms with van der Waals surface area (Å²) in [5.41, 5.74) is 2.67. The lowest BCUT2D eigenvalue weighted by atomic mass is 10.1. The highest BCUT2D eigenvalue weighted by Crippen LogP contribution is 2.36. The molecule has 9 heteroatoms. The zero-order valence-electron chi connectivity index (χ0n) is 21.6. The molecule has 0 bridgehead atoms. The van der Waals surface area contributed by atoms with Crippen LogP contribution in [0.5, 0.6) is 5.75 Å². The van der Waals surface area contributed by atoms with Crippen molar-refractivity contribution >= 4 is 34.4 Å². The van der Waals surface area contributed by atoms with Gasteiger partial charge in [0.25, 0.3) is 0 Å². The van der Waals surface area contributed by atoms with Crippen molar-refractivity contribution < 1.29 is 9.13 Å². The summed E-state index contributed by atoms with van der Waals surface area (Å²) in [6.45, 7) is 3.95. The van der Waals surface area contributed by atoms with Crippen LogP contribution in [0.4, 0.5) is 27.7 Å². The summed E-state index contributed by atoms with van der Waals surface area (Å²) in [6.07, 6.45) is 10.0. The minimum absolute atomic E-state index is 0.258. The third-order valence-corrected chi connectivity index (χ3v) is 7.46. The number of para-hydroxylation sites is 1. The molecule has 1 aliphatic carbocycles. The number of fused-ring (bicyclic) bond motifs is 1. The zero-order chi connectivity index (χ0) is 25.7. The number of hydrogen-bond acceptors (Lipinski definition) is 7. The molecule has 1 saturated heterocycles. The van der Waals surface area contributed by atoms with Gasteiger partial charge in [0.05, 0.1) is 11.9 Å². The maximum absolute atomic E-state index is 14.4. The van der Waals surface area contributed by atoms with Gasteiger partial charge in [0.15, 0.2) is 5.65 Å². The fourth-order valence-electron chi connectivity index (χ4n) is 5.50. The standard InChI is InChI=1S/C29H34FN7O/c30-24-13-4-5-14-25(24)33-29-34-26-20-31-28(35-27(26)37(29)22-10-2-3-11-22)32-21-9-8-12-23(19-21)38-18-17-36-15-6-1-7-16-36/h4-5,8-9,12-14,19-20,22H,1-3,6-7,10-11,15-18H2,(H,33,34)(H,31,32,35). The Morgan fingerprint density at radius 1 is 0.921 bits per heavy atom. The Labute approximate surface area is 222 Å². The van der Waals surface area contributed by atoms with Crippen molar-refractivity contribution in [2.45, 2.75) is 51.0 Å². The largest absolute Gasteiger partial charge is 0.492 e. The van der Waals surface area contributed by atoms with E-state index in [0.717, 1.165) is 49.3 Å². The quantitative estimate of drug-likeness (QED) is 0.266. The number of nitrogens with one attached hydrogen (secondary N) is 2. The fourth-order valence-corrected chi connectivity index (χ4v) is 5.50. The second-order valence-electron chi connectivity index (χ2n) is 10.2. The van der Waals surface area contributed by atoms with Crippen LogP contribution in [0.3, 0.4) is 0 Å². The molecule has 2 aliphatic rings. The van der Waals surface area contributed by atoms with Crippen molar-refractivity contribution in [2.24, 2.45) is 0 Å². The number of aromatic nitrogens is 4. The summed E-state index contributed by atoms with van der Waals surface area (Å²) < 4.78 is 22.6. The van der Waals surface area contributed by atoms with E-state index in [9.17, 15) is 4.39 Å². The predicted molar refractivity (Wildman–Crippen MR) is 148 cm³/mol. The Hall–Kier alpha value is -3.72. The topological polar surface area (TPSA) is 80.1 Å². The molecule has 2 aromatic carbocycles. The SMILES string of the molecule is Fc1ccccc1Nc1nc2cnc(Nc3cccc(OCCN4CCCCC4)c3)nc2n1C1CCCC1. The number of likely N-dealkylation sites (tertiary alicyclic amines) is 1. The molecule has 2 fully saturated rings. The van der Waals surface area contributed by atoms with Crippen LogP contribution in [0.2, 0.25) is 0 Å². The van der Waals surface area contributed by atoms with E-state index in [0.29, 0.717) is 29.7 Å². The molecule has 0 amide bonds. The van der Waals surface area contributed by atoms with Gasteiger partial charge in [-0.15, -0.1) is 0 Å². The van der Waals surface area contributed by atoms with Gasteiger partial charge in [-0.3, -0.25) is 9.47 Å². The Morgan fingerprint density at radius 2 is 1.76 bits per heavy atom. The van der Waals surface area contributed by atoms with Gasteiger partial charge in [-0.05, 0) is 63.0 Å². The Morgan fingerprint density at radius 3 is 2.61 bits per heavy atom. The van der Waals surface area contributed by atoms with Gasteiger partial charge in [0, 0.05) is 24.3 Å². The van der Waals surface area contributed by atoms with Crippen molar-refractivity contribution in [1.29, 1.82) is 0 Å². The number of anilines is 4. The first-order valence-electron chi connectivity index (χ1n) is 13.7. The molecule has 1 saturated carbocycles. The van der Waals surface area contributed by atoms with Gasteiger partial charge in [0.2, 0.25) is 11.9 Å². The highest BCUT2D eigenvalue weighted by atomic mass is 19.1. The number of halogens is 1. The molecule has 198 valence electrons. The van der Waals surface area contributed by atoms with E-state index in [1.807, 2.05) is 24.3 Å². The number of rotatable bonds is 9. The summed E-state index contributed by atoms with van der Waals surface area (Å²) in [5.74, 6) is 1.58. The molecule has 0 unspecified atom stereocenters. The molecule has 8 nitrogen and oxygen atoms in total. The van der Waals surface area contributed by atoms with Crippen molar-refractivity contribution in [3.8, 4) is 5.75 Å². The van der Waals surface area contributed by atoms with E-state index in [1.165, 1.54) is 38.4 Å². The van der Waals surface area contributed by atoms with Crippen LogP contribution in [-0.4, -0.2) is 50.7 Å². The summed E-state index contributed by atoms with van der Waals surface area (Å²) in [7, 11) is 0. The van der Waals surface area contributed by atoms with Gasteiger partial charge in [-0.1, -0.05) is 37.5 Å². The van der Waals surface area contributed by atoms with Crippen molar-refractivity contribution in [3.05, 3.63) is 60.5 Å². The lowest BCUT2D eigenvalue weighted by molar-refractivity contribution is 0.183. The Balaban J connectivity index is 1.21. The summed E-state index contributed by atoms with van der Waals surface area (Å²) in [6, 6.07) is 14.8. The average molecular weight is 516 g/mol. The smallest absolute Gasteiger partial charge is 0.229 e. The number of ether oxygens (including phenoxy) is 1. The van der Waals surface area contributed by atoms with Crippen molar-refractivity contribution in [1.82, 2.24) is 24.4 Å². The second kappa shape index (κ2) is 11.3. The lowest BCUT2D eigenvalue weighted by Crippen LogP contribution is -2.33. The monoisotopic (exact) mass is 515 g/mol. The van der Waals surface area contributed by atoms with Crippen LogP contribution in [0.25, 0.3) is 11.2 Å². The minimum atomic E-state index is -0.316. The van der Waals surface area contributed by atoms with Crippen LogP contribution in [0.1, 0.15) is 51.0 Å². The van der Waals surface area contributed by atoms with Crippen LogP contribution in [-0.2, 0) is 0 Å². The molecule has 4 aromatic rings. The molecule has 1 aliphatic heterocycles. The van der Waals surface area contributed by atoms with E-state index in [2.05, 4.69) is 25.1 Å². The summed E-state index contributed by atoms with van der Waals surface area (Å²) in [4.78, 5) is 16.6. The molecule has 3 heterocycles. The van der Waals surface area contributed by atoms with E-state index in [-0.39, 0.29) is 11.9 Å². The second-order valence-corrected chi connectivity index (χ2v) is 10.2.